The summed E-state index contributed by atoms with van der Waals surface area (Å²) in [5, 5.41) is 0. The van der Waals surface area contributed by atoms with Gasteiger partial charge in [0.25, 0.3) is 0 Å². The Morgan fingerprint density at radius 2 is 0.677 bits per heavy atom. The molecule has 0 amide bonds. The molecule has 0 saturated heterocycles. The number of hydrogen-bond donors (Lipinski definition) is 0. The zero-order valence-corrected chi connectivity index (χ0v) is 18.1. The smallest absolute Gasteiger partial charge is 0.340 e. The van der Waals surface area contributed by atoms with Crippen molar-refractivity contribution < 1.29 is 43.0 Å². The molecule has 0 aromatic heterocycles. The maximum atomic E-state index is 10.7. The van der Waals surface area contributed by atoms with Gasteiger partial charge in [0.15, 0.2) is 0 Å². The largest absolute Gasteiger partial charge is 0.387 e. The molecule has 0 saturated carbocycles. The highest BCUT2D eigenvalue weighted by Gasteiger charge is 2.11. The first-order valence-corrected chi connectivity index (χ1v) is 8.26. The van der Waals surface area contributed by atoms with E-state index in [1.807, 2.05) is 0 Å². The number of carbonyl (C=O) groups excluding carboxylic acids is 6. The minimum atomic E-state index is -0.764. The van der Waals surface area contributed by atoms with Gasteiger partial charge in [-0.2, -0.15) is 0 Å². The van der Waals surface area contributed by atoms with Crippen molar-refractivity contribution in [2.45, 2.75) is 27.7 Å². The van der Waals surface area contributed by atoms with E-state index in [1.165, 1.54) is 27.7 Å². The van der Waals surface area contributed by atoms with Gasteiger partial charge < -0.3 is 14.2 Å². The van der Waals surface area contributed by atoms with Crippen molar-refractivity contribution in [3.05, 3.63) is 73.9 Å². The molecule has 0 N–H and O–H groups in total. The van der Waals surface area contributed by atoms with Gasteiger partial charge in [-0.05, 0) is 27.7 Å². The summed E-state index contributed by atoms with van der Waals surface area (Å²) in [6, 6.07) is 0. The van der Waals surface area contributed by atoms with Crippen molar-refractivity contribution in [1.29, 1.82) is 0 Å². The lowest BCUT2D eigenvalue weighted by Gasteiger charge is -1.99. The van der Waals surface area contributed by atoms with Crippen molar-refractivity contribution in [2.24, 2.45) is 0 Å². The first kappa shape index (κ1) is 31.6. The molecule has 0 rings (SSSR count). The second-order valence-electron chi connectivity index (χ2n) is 5.62. The first-order valence-electron chi connectivity index (χ1n) is 8.26. The van der Waals surface area contributed by atoms with E-state index in [-0.39, 0.29) is 22.3 Å². The van der Waals surface area contributed by atoms with Crippen LogP contribution >= 0.6 is 0 Å². The molecule has 31 heavy (non-hydrogen) atoms. The molecule has 0 spiro atoms. The van der Waals surface area contributed by atoms with Gasteiger partial charge in [-0.15, -0.1) is 0 Å². The molecule has 0 unspecified atom stereocenters. The first-order chi connectivity index (χ1) is 14.1. The van der Waals surface area contributed by atoms with E-state index in [1.54, 1.807) is 0 Å². The van der Waals surface area contributed by atoms with Crippen molar-refractivity contribution in [2.75, 3.05) is 0 Å². The van der Waals surface area contributed by atoms with Crippen molar-refractivity contribution in [3.8, 4) is 0 Å². The maximum Gasteiger partial charge on any atom is 0.340 e. The van der Waals surface area contributed by atoms with Crippen molar-refractivity contribution in [3.63, 3.8) is 0 Å². The standard InChI is InChI=1S/2C8H10O3.C6H6O3/c2*1-5(2)7(9)11-8(10)6(3)4;1-3-5(7)9-6(8)4-2/h2*1,3H2,2,4H3;3-4H,1-2H2. The summed E-state index contributed by atoms with van der Waals surface area (Å²) in [4.78, 5) is 63.0. The molecule has 0 fully saturated rings. The van der Waals surface area contributed by atoms with Gasteiger partial charge in [0.1, 0.15) is 0 Å². The predicted molar refractivity (Wildman–Crippen MR) is 113 cm³/mol. The topological polar surface area (TPSA) is 130 Å². The fourth-order valence-corrected chi connectivity index (χ4v) is 0.699. The van der Waals surface area contributed by atoms with E-state index in [2.05, 4.69) is 53.7 Å². The second-order valence-corrected chi connectivity index (χ2v) is 5.62. The molecular weight excluding hydrogens is 408 g/mol. The molecule has 0 bridgehead atoms. The Hall–Kier alpha value is -4.14. The van der Waals surface area contributed by atoms with Crippen LogP contribution in [0, 0.1) is 0 Å². The number of rotatable bonds is 6. The lowest BCUT2D eigenvalue weighted by Crippen LogP contribution is -2.12. The van der Waals surface area contributed by atoms with E-state index < -0.39 is 35.8 Å². The van der Waals surface area contributed by atoms with Crippen LogP contribution in [-0.2, 0) is 43.0 Å². The summed E-state index contributed by atoms with van der Waals surface area (Å²) in [6.07, 6.45) is 1.81. The third-order valence-electron chi connectivity index (χ3n) is 2.30. The summed E-state index contributed by atoms with van der Waals surface area (Å²) in [5.41, 5.74) is 0.776. The molecule has 0 radical (unpaired) electrons. The summed E-state index contributed by atoms with van der Waals surface area (Å²) in [5.74, 6) is -4.37. The Balaban J connectivity index is -0.000000382. The molecule has 0 atom stereocenters. The molecule has 0 heterocycles. The maximum absolute atomic E-state index is 10.7. The highest BCUT2D eigenvalue weighted by Crippen LogP contribution is 1.98. The zero-order valence-electron chi connectivity index (χ0n) is 18.1. The Bertz CT molecular complexity index is 710. The van der Waals surface area contributed by atoms with Crippen molar-refractivity contribution in [1.82, 2.24) is 0 Å². The van der Waals surface area contributed by atoms with Crippen LogP contribution in [0.15, 0.2) is 73.9 Å². The summed E-state index contributed by atoms with van der Waals surface area (Å²) in [7, 11) is 0. The van der Waals surface area contributed by atoms with E-state index in [0.717, 1.165) is 12.2 Å². The van der Waals surface area contributed by atoms with Crippen LogP contribution in [0.2, 0.25) is 0 Å². The Morgan fingerprint density at radius 1 is 0.484 bits per heavy atom. The SMILES string of the molecule is C=C(C)C(=O)OC(=O)C(=C)C.C=C(C)C(=O)OC(=O)C(=C)C.C=CC(=O)OC(=O)C=C. The Morgan fingerprint density at radius 3 is 0.806 bits per heavy atom. The fourth-order valence-electron chi connectivity index (χ4n) is 0.699. The fraction of sp³-hybridized carbons (Fsp3) is 0.182. The quantitative estimate of drug-likeness (QED) is 0.268. The molecule has 0 aliphatic heterocycles. The predicted octanol–water partition coefficient (Wildman–Crippen LogP) is 2.85. The van der Waals surface area contributed by atoms with Gasteiger partial charge in [0, 0.05) is 34.4 Å². The van der Waals surface area contributed by atoms with E-state index in [4.69, 9.17) is 0 Å². The van der Waals surface area contributed by atoms with Crippen LogP contribution in [0.25, 0.3) is 0 Å². The third-order valence-corrected chi connectivity index (χ3v) is 2.30. The number of ether oxygens (including phenoxy) is 3. The highest BCUT2D eigenvalue weighted by atomic mass is 16.6. The summed E-state index contributed by atoms with van der Waals surface area (Å²) < 4.78 is 12.6. The van der Waals surface area contributed by atoms with Crippen LogP contribution in [0.5, 0.6) is 0 Å². The third kappa shape index (κ3) is 19.0. The van der Waals surface area contributed by atoms with Gasteiger partial charge in [-0.25, -0.2) is 28.8 Å². The molecular formula is C22H26O9. The molecule has 9 heteroatoms. The van der Waals surface area contributed by atoms with E-state index in [9.17, 15) is 28.8 Å². The van der Waals surface area contributed by atoms with Crippen LogP contribution in [0.1, 0.15) is 27.7 Å². The molecule has 168 valence electrons. The number of hydrogen-bond acceptors (Lipinski definition) is 9. The monoisotopic (exact) mass is 434 g/mol. The van der Waals surface area contributed by atoms with Crippen molar-refractivity contribution >= 4 is 35.8 Å². The number of carbonyl (C=O) groups is 6. The lowest BCUT2D eigenvalue weighted by atomic mass is 10.3. The average molecular weight is 434 g/mol. The molecule has 0 aromatic carbocycles. The second kappa shape index (κ2) is 16.8. The minimum Gasteiger partial charge on any atom is -0.387 e. The molecule has 0 aromatic rings. The highest BCUT2D eigenvalue weighted by molar-refractivity contribution is 6.01. The normalized spacial score (nSPS) is 8.26. The van der Waals surface area contributed by atoms with Gasteiger partial charge in [-0.3, -0.25) is 0 Å². The van der Waals surface area contributed by atoms with Crippen LogP contribution in [0.3, 0.4) is 0 Å². The minimum absolute atomic E-state index is 0.194. The van der Waals surface area contributed by atoms with Gasteiger partial charge in [0.2, 0.25) is 0 Å². The number of esters is 6. The van der Waals surface area contributed by atoms with Gasteiger partial charge >= 0.3 is 35.8 Å². The molecule has 9 nitrogen and oxygen atoms in total. The Labute approximate surface area is 181 Å². The van der Waals surface area contributed by atoms with Crippen LogP contribution < -0.4 is 0 Å². The summed E-state index contributed by atoms with van der Waals surface area (Å²) in [6.45, 7) is 25.3. The molecule has 0 aliphatic rings. The Kier molecular flexibility index (Phi) is 17.1. The summed E-state index contributed by atoms with van der Waals surface area (Å²) >= 11 is 0. The van der Waals surface area contributed by atoms with Gasteiger partial charge in [0.05, 0.1) is 0 Å². The van der Waals surface area contributed by atoms with Gasteiger partial charge in [-0.1, -0.05) is 39.5 Å². The zero-order chi connectivity index (χ0) is 25.3. The van der Waals surface area contributed by atoms with E-state index in [0.29, 0.717) is 0 Å². The molecule has 0 aliphatic carbocycles. The van der Waals surface area contributed by atoms with Crippen LogP contribution in [0.4, 0.5) is 0 Å². The lowest BCUT2D eigenvalue weighted by molar-refractivity contribution is -0.155. The average Bonchev–Trinajstić information content (AvgIpc) is 2.67. The van der Waals surface area contributed by atoms with Crippen LogP contribution in [-0.4, -0.2) is 35.8 Å². The van der Waals surface area contributed by atoms with E-state index >= 15 is 0 Å².